The molecule has 1 aromatic heterocycles. The van der Waals surface area contributed by atoms with E-state index in [1.807, 2.05) is 0 Å². The van der Waals surface area contributed by atoms with Gasteiger partial charge in [-0.1, -0.05) is 0 Å². The summed E-state index contributed by atoms with van der Waals surface area (Å²) in [5.41, 5.74) is -1.43. The fraction of sp³-hybridized carbons (Fsp3) is 0.400. The van der Waals surface area contributed by atoms with Gasteiger partial charge in [-0.05, 0) is 16.8 Å². The van der Waals surface area contributed by atoms with Gasteiger partial charge >= 0.3 is 17.5 Å². The van der Waals surface area contributed by atoms with Crippen molar-refractivity contribution in [1.82, 2.24) is 4.98 Å². The topological polar surface area (TPSA) is 91.6 Å². The Morgan fingerprint density at radius 1 is 1.58 bits per heavy atom. The molecular formula is C10H10F2N2O5. The molecule has 0 amide bonds. The zero-order chi connectivity index (χ0) is 14.6. The molecule has 0 fully saturated rings. The van der Waals surface area contributed by atoms with E-state index in [9.17, 15) is 23.7 Å². The van der Waals surface area contributed by atoms with Crippen LogP contribution in [0.1, 0.15) is 29.4 Å². The third kappa shape index (κ3) is 3.12. The van der Waals surface area contributed by atoms with Crippen molar-refractivity contribution in [3.8, 4) is 5.75 Å². The van der Waals surface area contributed by atoms with Gasteiger partial charge in [-0.15, -0.1) is 0 Å². The summed E-state index contributed by atoms with van der Waals surface area (Å²) in [6.07, 6.45) is -3.05. The van der Waals surface area contributed by atoms with Gasteiger partial charge in [0.25, 0.3) is 6.43 Å². The minimum absolute atomic E-state index is 0.0314. The lowest BCUT2D eigenvalue weighted by molar-refractivity contribution is -0.389. The summed E-state index contributed by atoms with van der Waals surface area (Å²) in [4.78, 5) is 24.5. The smallest absolute Gasteiger partial charge is 0.387 e. The van der Waals surface area contributed by atoms with Crippen LogP contribution in [0, 0.1) is 10.1 Å². The van der Waals surface area contributed by atoms with Gasteiger partial charge in [-0.25, -0.2) is 13.6 Å². The second-order valence-electron chi connectivity index (χ2n) is 3.23. The standard InChI is InChI=1S/C10H10F2N2O5/c1-3-19-10(15)7-8(18-2)5(9(11)12)4-6(13-7)14(16)17/h4,9H,3H2,1-2H3. The van der Waals surface area contributed by atoms with Gasteiger partial charge in [0.05, 0.1) is 19.3 Å². The Hall–Kier alpha value is -2.32. The fourth-order valence-corrected chi connectivity index (χ4v) is 1.35. The number of alkyl halides is 2. The fourth-order valence-electron chi connectivity index (χ4n) is 1.35. The van der Waals surface area contributed by atoms with E-state index in [0.717, 1.165) is 7.11 Å². The molecule has 7 nitrogen and oxygen atoms in total. The molecule has 0 aliphatic rings. The Kier molecular flexibility index (Phi) is 4.67. The number of pyridine rings is 1. The van der Waals surface area contributed by atoms with Crippen LogP contribution in [0.2, 0.25) is 0 Å². The van der Waals surface area contributed by atoms with E-state index in [1.165, 1.54) is 6.92 Å². The first kappa shape index (κ1) is 14.7. The highest BCUT2D eigenvalue weighted by Gasteiger charge is 2.31. The van der Waals surface area contributed by atoms with Crippen LogP contribution < -0.4 is 4.74 Å². The van der Waals surface area contributed by atoms with Crippen molar-refractivity contribution in [2.24, 2.45) is 0 Å². The number of methoxy groups -OCH3 is 1. The zero-order valence-corrected chi connectivity index (χ0v) is 10.1. The first-order valence-electron chi connectivity index (χ1n) is 5.10. The molecule has 0 aliphatic heterocycles. The molecule has 0 aromatic carbocycles. The largest absolute Gasteiger partial charge is 0.491 e. The Bertz CT molecular complexity index is 507. The molecule has 9 heteroatoms. The van der Waals surface area contributed by atoms with Crippen LogP contribution in [0.4, 0.5) is 14.6 Å². The van der Waals surface area contributed by atoms with Gasteiger partial charge in [0, 0.05) is 6.07 Å². The number of ether oxygens (including phenoxy) is 2. The molecule has 0 aliphatic carbocycles. The van der Waals surface area contributed by atoms with Gasteiger partial charge in [0.15, 0.2) is 5.75 Å². The second-order valence-corrected chi connectivity index (χ2v) is 3.23. The SMILES string of the molecule is CCOC(=O)c1nc([N+](=O)[O-])cc(C(F)F)c1OC. The first-order valence-corrected chi connectivity index (χ1v) is 5.10. The van der Waals surface area contributed by atoms with E-state index in [4.69, 9.17) is 0 Å². The van der Waals surface area contributed by atoms with Crippen molar-refractivity contribution >= 4 is 11.8 Å². The molecule has 1 rings (SSSR count). The second kappa shape index (κ2) is 6.03. The van der Waals surface area contributed by atoms with Crippen LogP contribution in [-0.4, -0.2) is 29.6 Å². The number of carbonyl (C=O) groups excluding carboxylic acids is 1. The van der Waals surface area contributed by atoms with E-state index in [0.29, 0.717) is 6.07 Å². The van der Waals surface area contributed by atoms with Crippen LogP contribution in [0.25, 0.3) is 0 Å². The summed E-state index contributed by atoms with van der Waals surface area (Å²) < 4.78 is 34.9. The molecule has 0 atom stereocenters. The van der Waals surface area contributed by atoms with E-state index in [-0.39, 0.29) is 6.61 Å². The summed E-state index contributed by atoms with van der Waals surface area (Å²) in [5, 5.41) is 10.6. The van der Waals surface area contributed by atoms with Gasteiger partial charge < -0.3 is 19.6 Å². The average molecular weight is 276 g/mol. The average Bonchev–Trinajstić information content (AvgIpc) is 2.36. The maximum atomic E-state index is 12.8. The Morgan fingerprint density at radius 2 is 2.21 bits per heavy atom. The minimum Gasteiger partial charge on any atom is -0.491 e. The molecule has 0 bridgehead atoms. The highest BCUT2D eigenvalue weighted by molar-refractivity contribution is 5.91. The van der Waals surface area contributed by atoms with Crippen molar-refractivity contribution in [3.63, 3.8) is 0 Å². The number of aromatic nitrogens is 1. The van der Waals surface area contributed by atoms with Crippen LogP contribution in [0.3, 0.4) is 0 Å². The number of halogens is 2. The molecule has 0 N–H and O–H groups in total. The molecule has 1 aromatic rings. The van der Waals surface area contributed by atoms with Gasteiger partial charge in [-0.3, -0.25) is 0 Å². The Labute approximate surface area is 106 Å². The lowest BCUT2D eigenvalue weighted by atomic mass is 10.2. The van der Waals surface area contributed by atoms with Gasteiger partial charge in [0.2, 0.25) is 0 Å². The number of nitro groups is 1. The summed E-state index contributed by atoms with van der Waals surface area (Å²) in [6, 6.07) is 0.562. The number of nitrogens with zero attached hydrogens (tertiary/aromatic N) is 2. The Balaban J connectivity index is 3.48. The predicted octanol–water partition coefficient (Wildman–Crippen LogP) is 2.11. The van der Waals surface area contributed by atoms with E-state index in [2.05, 4.69) is 14.5 Å². The maximum absolute atomic E-state index is 12.8. The van der Waals surface area contributed by atoms with Crippen LogP contribution >= 0.6 is 0 Å². The van der Waals surface area contributed by atoms with Crippen molar-refractivity contribution < 1.29 is 28.0 Å². The molecule has 0 radical (unpaired) electrons. The predicted molar refractivity (Wildman–Crippen MR) is 58.4 cm³/mol. The summed E-state index contributed by atoms with van der Waals surface area (Å²) in [5.74, 6) is -2.47. The number of rotatable bonds is 5. The number of hydrogen-bond acceptors (Lipinski definition) is 6. The normalized spacial score (nSPS) is 10.4. The molecular weight excluding hydrogens is 266 g/mol. The summed E-state index contributed by atoms with van der Waals surface area (Å²) in [6.45, 7) is 1.46. The number of carbonyl (C=O) groups is 1. The number of hydrogen-bond donors (Lipinski definition) is 0. The molecule has 1 heterocycles. The van der Waals surface area contributed by atoms with Crippen molar-refractivity contribution in [3.05, 3.63) is 27.4 Å². The third-order valence-electron chi connectivity index (χ3n) is 2.08. The number of esters is 1. The lowest BCUT2D eigenvalue weighted by Crippen LogP contribution is -2.12. The zero-order valence-electron chi connectivity index (χ0n) is 10.1. The molecule has 0 saturated carbocycles. The van der Waals surface area contributed by atoms with E-state index in [1.54, 1.807) is 0 Å². The molecule has 0 saturated heterocycles. The van der Waals surface area contributed by atoms with Crippen molar-refractivity contribution in [2.45, 2.75) is 13.3 Å². The molecule has 0 spiro atoms. The van der Waals surface area contributed by atoms with E-state index >= 15 is 0 Å². The van der Waals surface area contributed by atoms with Crippen LogP contribution in [0.5, 0.6) is 5.75 Å². The van der Waals surface area contributed by atoms with Crippen LogP contribution in [0.15, 0.2) is 6.07 Å². The quantitative estimate of drug-likeness (QED) is 0.464. The third-order valence-corrected chi connectivity index (χ3v) is 2.08. The monoisotopic (exact) mass is 276 g/mol. The van der Waals surface area contributed by atoms with Crippen LogP contribution in [-0.2, 0) is 4.74 Å². The van der Waals surface area contributed by atoms with Crippen molar-refractivity contribution in [2.75, 3.05) is 13.7 Å². The first-order chi connectivity index (χ1) is 8.92. The maximum Gasteiger partial charge on any atom is 0.387 e. The van der Waals surface area contributed by atoms with E-state index < -0.39 is 40.1 Å². The lowest BCUT2D eigenvalue weighted by Gasteiger charge is -2.09. The summed E-state index contributed by atoms with van der Waals surface area (Å²) >= 11 is 0. The molecule has 19 heavy (non-hydrogen) atoms. The molecule has 0 unspecified atom stereocenters. The molecule has 104 valence electrons. The Morgan fingerprint density at radius 3 is 2.63 bits per heavy atom. The van der Waals surface area contributed by atoms with Crippen molar-refractivity contribution in [1.29, 1.82) is 0 Å². The minimum atomic E-state index is -3.05. The highest BCUT2D eigenvalue weighted by Crippen LogP contribution is 2.34. The van der Waals surface area contributed by atoms with Gasteiger partial charge in [-0.2, -0.15) is 0 Å². The highest BCUT2D eigenvalue weighted by atomic mass is 19.3. The van der Waals surface area contributed by atoms with Gasteiger partial charge in [0.1, 0.15) is 0 Å². The summed E-state index contributed by atoms with van der Waals surface area (Å²) in [7, 11) is 1.05.